The summed E-state index contributed by atoms with van der Waals surface area (Å²) < 4.78 is 27.4. The summed E-state index contributed by atoms with van der Waals surface area (Å²) >= 11 is 0. The topological polar surface area (TPSA) is 154 Å². The molecule has 0 radical (unpaired) electrons. The van der Waals surface area contributed by atoms with Crippen molar-refractivity contribution in [3.63, 3.8) is 0 Å². The van der Waals surface area contributed by atoms with Crippen molar-refractivity contribution in [3.8, 4) is 0 Å². The lowest BCUT2D eigenvalue weighted by atomic mass is 9.85. The molecule has 1 saturated carbocycles. The van der Waals surface area contributed by atoms with E-state index in [0.29, 0.717) is 13.0 Å². The molecule has 1 aliphatic carbocycles. The lowest BCUT2D eigenvalue weighted by molar-refractivity contribution is -0.142. The number of hydrogen-bond acceptors (Lipinski definition) is 6. The number of rotatable bonds is 7. The zero-order valence-electron chi connectivity index (χ0n) is 23.8. The van der Waals surface area contributed by atoms with Crippen molar-refractivity contribution in [1.29, 1.82) is 0 Å². The Morgan fingerprint density at radius 3 is 2.10 bits per heavy atom. The van der Waals surface area contributed by atoms with Crippen LogP contribution in [-0.2, 0) is 24.4 Å². The van der Waals surface area contributed by atoms with Gasteiger partial charge in [0, 0.05) is 12.1 Å². The number of amides is 5. The van der Waals surface area contributed by atoms with Crippen LogP contribution in [0, 0.1) is 11.3 Å². The van der Waals surface area contributed by atoms with Gasteiger partial charge in [0.25, 0.3) is 15.9 Å². The summed E-state index contributed by atoms with van der Waals surface area (Å²) in [5.74, 6) is -1.71. The van der Waals surface area contributed by atoms with E-state index in [0.717, 1.165) is 0 Å². The molecule has 1 saturated heterocycles. The third-order valence-corrected chi connectivity index (χ3v) is 8.15. The molecule has 1 unspecified atom stereocenters. The predicted molar refractivity (Wildman–Crippen MR) is 146 cm³/mol. The highest BCUT2D eigenvalue weighted by Gasteiger charge is 2.54. The van der Waals surface area contributed by atoms with Gasteiger partial charge in [-0.3, -0.25) is 14.4 Å². The number of carbonyl (C=O) groups is 4. The number of nitrogens with one attached hydrogen (secondary N) is 4. The highest BCUT2D eigenvalue weighted by Crippen LogP contribution is 2.37. The van der Waals surface area contributed by atoms with Gasteiger partial charge in [-0.2, -0.15) is 0 Å². The lowest BCUT2D eigenvalue weighted by Crippen LogP contribution is -2.61. The maximum atomic E-state index is 13.8. The maximum Gasteiger partial charge on any atom is 0.315 e. The summed E-state index contributed by atoms with van der Waals surface area (Å²) in [6.45, 7) is 13.2. The van der Waals surface area contributed by atoms with E-state index in [1.807, 2.05) is 48.5 Å². The summed E-state index contributed by atoms with van der Waals surface area (Å²) in [6.07, 6.45) is 0.942. The van der Waals surface area contributed by atoms with Crippen LogP contribution < -0.4 is 20.7 Å². The zero-order valence-corrected chi connectivity index (χ0v) is 24.6. The molecule has 5 amide bonds. The molecular weight excluding hydrogens is 522 g/mol. The standard InChI is InChI=1S/C27H41N5O6S/c1-17-15-19(32(16-17)22(34)20(25(2,3)4)28-24(36)30-26(5,6)7)21(33)29-27(13-14-27)23(35)31-39(37,38)18-11-9-8-10-12-18/h8-12,17,19-20H,13-16H2,1-7H3,(H,29,33)(H,31,35)(H2,28,30,36)/t17-,19?,20-/m1/s1. The average molecular weight is 564 g/mol. The number of urea groups is 1. The Bertz CT molecular complexity index is 1220. The van der Waals surface area contributed by atoms with Gasteiger partial charge in [0.05, 0.1) is 4.90 Å². The first-order valence-corrected chi connectivity index (χ1v) is 14.7. The van der Waals surface area contributed by atoms with E-state index in [1.54, 1.807) is 18.2 Å². The van der Waals surface area contributed by atoms with E-state index in [2.05, 4.69) is 20.7 Å². The van der Waals surface area contributed by atoms with Crippen molar-refractivity contribution in [2.45, 2.75) is 95.8 Å². The van der Waals surface area contributed by atoms with E-state index < -0.39 is 62.4 Å². The minimum atomic E-state index is -4.10. The summed E-state index contributed by atoms with van der Waals surface area (Å²) in [7, 11) is -4.10. The maximum absolute atomic E-state index is 13.8. The van der Waals surface area contributed by atoms with E-state index in [9.17, 15) is 27.6 Å². The quantitative estimate of drug-likeness (QED) is 0.397. The van der Waals surface area contributed by atoms with Crippen molar-refractivity contribution in [1.82, 2.24) is 25.6 Å². The van der Waals surface area contributed by atoms with E-state index >= 15 is 0 Å². The highest BCUT2D eigenvalue weighted by atomic mass is 32.2. The normalized spacial score (nSPS) is 21.5. The summed E-state index contributed by atoms with van der Waals surface area (Å²) in [4.78, 5) is 54.2. The van der Waals surface area contributed by atoms with Gasteiger partial charge < -0.3 is 20.9 Å². The smallest absolute Gasteiger partial charge is 0.315 e. The highest BCUT2D eigenvalue weighted by molar-refractivity contribution is 7.90. The molecule has 0 bridgehead atoms. The predicted octanol–water partition coefficient (Wildman–Crippen LogP) is 1.89. The molecule has 39 heavy (non-hydrogen) atoms. The molecule has 216 valence electrons. The molecular formula is C27H41N5O6S. The van der Waals surface area contributed by atoms with Gasteiger partial charge in [-0.25, -0.2) is 17.9 Å². The third-order valence-electron chi connectivity index (χ3n) is 6.80. The Morgan fingerprint density at radius 2 is 1.59 bits per heavy atom. The molecule has 4 N–H and O–H groups in total. The first-order valence-electron chi connectivity index (χ1n) is 13.2. The Balaban J connectivity index is 1.74. The van der Waals surface area contributed by atoms with Crippen LogP contribution in [0.1, 0.15) is 67.7 Å². The van der Waals surface area contributed by atoms with Crippen LogP contribution in [0.15, 0.2) is 35.2 Å². The number of likely N-dealkylation sites (tertiary alicyclic amines) is 1. The third kappa shape index (κ3) is 7.49. The molecule has 3 rings (SSSR count). The number of carbonyl (C=O) groups excluding carboxylic acids is 4. The number of sulfonamides is 1. The molecule has 12 heteroatoms. The summed E-state index contributed by atoms with van der Waals surface area (Å²) in [6, 6.07) is 5.25. The van der Waals surface area contributed by atoms with Gasteiger partial charge >= 0.3 is 6.03 Å². The number of nitrogens with zero attached hydrogens (tertiary/aromatic N) is 1. The molecule has 1 aliphatic heterocycles. The second kappa shape index (κ2) is 10.8. The van der Waals surface area contributed by atoms with Gasteiger partial charge in [0.15, 0.2) is 0 Å². The average Bonchev–Trinajstić information content (AvgIpc) is 3.48. The van der Waals surface area contributed by atoms with Crippen LogP contribution >= 0.6 is 0 Å². The SMILES string of the molecule is C[C@@H]1CC(C(=O)NC2(C(=O)NS(=O)(=O)c3ccccc3)CC2)N(C(=O)[C@@H](NC(=O)NC(C)(C)C)C(C)(C)C)C1. The van der Waals surface area contributed by atoms with Crippen molar-refractivity contribution in [2.24, 2.45) is 11.3 Å². The summed E-state index contributed by atoms with van der Waals surface area (Å²) in [5, 5.41) is 8.31. The molecule has 0 spiro atoms. The molecule has 1 aromatic carbocycles. The van der Waals surface area contributed by atoms with Crippen molar-refractivity contribution >= 4 is 33.8 Å². The second-order valence-electron chi connectivity index (χ2n) is 12.8. The fourth-order valence-corrected chi connectivity index (χ4v) is 5.66. The minimum Gasteiger partial charge on any atom is -0.340 e. The lowest BCUT2D eigenvalue weighted by Gasteiger charge is -2.36. The number of hydrogen-bond donors (Lipinski definition) is 4. The molecule has 3 atom stereocenters. The van der Waals surface area contributed by atoms with E-state index in [-0.39, 0.29) is 23.7 Å². The van der Waals surface area contributed by atoms with Crippen molar-refractivity contribution in [2.75, 3.05) is 6.54 Å². The monoisotopic (exact) mass is 563 g/mol. The van der Waals surface area contributed by atoms with Crippen LogP contribution in [0.2, 0.25) is 0 Å². The van der Waals surface area contributed by atoms with Gasteiger partial charge in [-0.15, -0.1) is 0 Å². The molecule has 1 heterocycles. The first kappa shape index (κ1) is 30.4. The van der Waals surface area contributed by atoms with Crippen molar-refractivity contribution in [3.05, 3.63) is 30.3 Å². The van der Waals surface area contributed by atoms with Crippen LogP contribution in [-0.4, -0.2) is 66.8 Å². The Kier molecular flexibility index (Phi) is 8.40. The van der Waals surface area contributed by atoms with Crippen LogP contribution in [0.4, 0.5) is 4.79 Å². The van der Waals surface area contributed by atoms with Gasteiger partial charge in [0.2, 0.25) is 11.8 Å². The molecule has 11 nitrogen and oxygen atoms in total. The van der Waals surface area contributed by atoms with Crippen molar-refractivity contribution < 1.29 is 27.6 Å². The largest absolute Gasteiger partial charge is 0.340 e. The zero-order chi connectivity index (χ0) is 29.4. The molecule has 2 aliphatic rings. The molecule has 1 aromatic rings. The number of benzene rings is 1. The minimum absolute atomic E-state index is 0.0103. The summed E-state index contributed by atoms with van der Waals surface area (Å²) in [5.41, 5.74) is -2.51. The van der Waals surface area contributed by atoms with Gasteiger partial charge in [0.1, 0.15) is 17.6 Å². The molecule has 2 fully saturated rings. The Labute approximate surface area is 230 Å². The van der Waals surface area contributed by atoms with Gasteiger partial charge in [-0.05, 0) is 63.5 Å². The second-order valence-corrected chi connectivity index (χ2v) is 14.5. The van der Waals surface area contributed by atoms with Crippen LogP contribution in [0.3, 0.4) is 0 Å². The Hall–Kier alpha value is -3.15. The van der Waals surface area contributed by atoms with E-state index in [1.165, 1.54) is 17.0 Å². The van der Waals surface area contributed by atoms with Crippen LogP contribution in [0.5, 0.6) is 0 Å². The van der Waals surface area contributed by atoms with E-state index in [4.69, 9.17) is 0 Å². The Morgan fingerprint density at radius 1 is 1.00 bits per heavy atom. The fourth-order valence-electron chi connectivity index (χ4n) is 4.59. The van der Waals surface area contributed by atoms with Gasteiger partial charge in [-0.1, -0.05) is 45.9 Å². The van der Waals surface area contributed by atoms with Crippen LogP contribution in [0.25, 0.3) is 0 Å². The first-order chi connectivity index (χ1) is 17.8. The fraction of sp³-hybridized carbons (Fsp3) is 0.630. The molecule has 0 aromatic heterocycles.